The lowest BCUT2D eigenvalue weighted by Crippen LogP contribution is -2.23. The molecule has 0 aliphatic heterocycles. The van der Waals surface area contributed by atoms with E-state index >= 15 is 0 Å². The van der Waals surface area contributed by atoms with Gasteiger partial charge in [0.25, 0.3) is 0 Å². The topological polar surface area (TPSA) is 39.7 Å². The van der Waals surface area contributed by atoms with Gasteiger partial charge in [0.2, 0.25) is 0 Å². The van der Waals surface area contributed by atoms with E-state index in [1.54, 1.807) is 7.11 Å². The highest BCUT2D eigenvalue weighted by molar-refractivity contribution is 5.44. The Hall–Kier alpha value is -1.10. The maximum atomic E-state index is 5.99. The Bertz CT molecular complexity index is 441. The zero-order valence-corrected chi connectivity index (χ0v) is 15.4. The number of nitrogens with one attached hydrogen (secondary N) is 1. The summed E-state index contributed by atoms with van der Waals surface area (Å²) in [4.78, 5) is 0. The minimum Gasteiger partial charge on any atom is -0.491 e. The molecular weight excluding hydrogens is 290 g/mol. The molecule has 4 heteroatoms. The van der Waals surface area contributed by atoms with Crippen LogP contribution in [0.3, 0.4) is 0 Å². The molecule has 0 radical (unpaired) electrons. The molecule has 0 saturated heterocycles. The molecule has 1 N–H and O–H groups in total. The first-order valence-corrected chi connectivity index (χ1v) is 8.47. The summed E-state index contributed by atoms with van der Waals surface area (Å²) in [5.41, 5.74) is 2.50. The van der Waals surface area contributed by atoms with Crippen molar-refractivity contribution in [1.29, 1.82) is 0 Å². The van der Waals surface area contributed by atoms with Gasteiger partial charge in [-0.25, -0.2) is 0 Å². The summed E-state index contributed by atoms with van der Waals surface area (Å²) in [5, 5.41) is 3.32. The van der Waals surface area contributed by atoms with Crippen molar-refractivity contribution in [2.24, 2.45) is 0 Å². The average Bonchev–Trinajstić information content (AvgIpc) is 2.49. The third-order valence-electron chi connectivity index (χ3n) is 3.62. The van der Waals surface area contributed by atoms with Crippen molar-refractivity contribution in [3.63, 3.8) is 0 Å². The van der Waals surface area contributed by atoms with Gasteiger partial charge in [-0.2, -0.15) is 0 Å². The van der Waals surface area contributed by atoms with Crippen LogP contribution in [0, 0.1) is 6.92 Å². The first-order valence-electron chi connectivity index (χ1n) is 8.47. The van der Waals surface area contributed by atoms with Gasteiger partial charge in [0.05, 0.1) is 13.2 Å². The Labute approximate surface area is 141 Å². The fraction of sp³-hybridized carbons (Fsp3) is 0.684. The molecule has 0 heterocycles. The van der Waals surface area contributed by atoms with Gasteiger partial charge in [-0.05, 0) is 36.4 Å². The van der Waals surface area contributed by atoms with Gasteiger partial charge in [0, 0.05) is 20.3 Å². The molecule has 0 amide bonds. The second kappa shape index (κ2) is 10.6. The Morgan fingerprint density at radius 2 is 1.78 bits per heavy atom. The molecule has 1 aromatic rings. The van der Waals surface area contributed by atoms with Gasteiger partial charge < -0.3 is 19.5 Å². The molecule has 0 aliphatic carbocycles. The number of rotatable bonds is 11. The van der Waals surface area contributed by atoms with E-state index in [2.05, 4.69) is 51.2 Å². The largest absolute Gasteiger partial charge is 0.491 e. The summed E-state index contributed by atoms with van der Waals surface area (Å²) in [5.74, 6) is 1.00. The molecule has 0 spiro atoms. The van der Waals surface area contributed by atoms with Crippen LogP contribution in [0.4, 0.5) is 0 Å². The predicted octanol–water partition coefficient (Wildman–Crippen LogP) is 3.31. The number of ether oxygens (including phenoxy) is 3. The number of hydrogen-bond donors (Lipinski definition) is 1. The summed E-state index contributed by atoms with van der Waals surface area (Å²) in [6, 6.07) is 6.33. The molecule has 0 fully saturated rings. The van der Waals surface area contributed by atoms with E-state index in [9.17, 15) is 0 Å². The summed E-state index contributed by atoms with van der Waals surface area (Å²) in [6.45, 7) is 13.2. The lowest BCUT2D eigenvalue weighted by atomic mass is 9.85. The van der Waals surface area contributed by atoms with Crippen LogP contribution in [0.2, 0.25) is 0 Å². The molecular formula is C19H33NO3. The summed E-state index contributed by atoms with van der Waals surface area (Å²) in [7, 11) is 1.72. The molecule has 23 heavy (non-hydrogen) atoms. The van der Waals surface area contributed by atoms with Crippen molar-refractivity contribution < 1.29 is 14.2 Å². The fourth-order valence-electron chi connectivity index (χ4n) is 2.35. The van der Waals surface area contributed by atoms with E-state index in [-0.39, 0.29) is 5.41 Å². The number of aryl methyl sites for hydroxylation is 1. The maximum absolute atomic E-state index is 5.99. The molecule has 1 rings (SSSR count). The minimum atomic E-state index is 0.0777. The fourth-order valence-corrected chi connectivity index (χ4v) is 2.35. The minimum absolute atomic E-state index is 0.0777. The van der Waals surface area contributed by atoms with Crippen LogP contribution in [0.5, 0.6) is 5.75 Å². The Kier molecular flexibility index (Phi) is 9.22. The molecule has 0 aromatic heterocycles. The second-order valence-corrected chi connectivity index (χ2v) is 6.76. The maximum Gasteiger partial charge on any atom is 0.126 e. The third-order valence-corrected chi connectivity index (χ3v) is 3.62. The molecule has 1 aromatic carbocycles. The van der Waals surface area contributed by atoms with E-state index in [1.807, 2.05) is 0 Å². The second-order valence-electron chi connectivity index (χ2n) is 6.76. The van der Waals surface area contributed by atoms with Gasteiger partial charge >= 0.3 is 0 Å². The monoisotopic (exact) mass is 323 g/mol. The van der Waals surface area contributed by atoms with Gasteiger partial charge in [-0.15, -0.1) is 0 Å². The molecule has 0 bridgehead atoms. The van der Waals surface area contributed by atoms with Crippen LogP contribution >= 0.6 is 0 Å². The van der Waals surface area contributed by atoms with Crippen molar-refractivity contribution in [3.8, 4) is 5.75 Å². The van der Waals surface area contributed by atoms with E-state index in [4.69, 9.17) is 14.2 Å². The highest BCUT2D eigenvalue weighted by Crippen LogP contribution is 2.33. The van der Waals surface area contributed by atoms with Crippen LogP contribution in [0.1, 0.15) is 38.3 Å². The van der Waals surface area contributed by atoms with Gasteiger partial charge in [-0.3, -0.25) is 0 Å². The van der Waals surface area contributed by atoms with Crippen molar-refractivity contribution >= 4 is 0 Å². The molecule has 0 saturated carbocycles. The SMILES string of the molecule is COCCCNCCOCCOc1c(C)cccc1C(C)(C)C. The lowest BCUT2D eigenvalue weighted by molar-refractivity contribution is 0.100. The number of para-hydroxylation sites is 1. The van der Waals surface area contributed by atoms with Crippen LogP contribution in [0.25, 0.3) is 0 Å². The number of hydrogen-bond acceptors (Lipinski definition) is 4. The van der Waals surface area contributed by atoms with Crippen LogP contribution < -0.4 is 10.1 Å². The van der Waals surface area contributed by atoms with E-state index in [1.165, 1.54) is 11.1 Å². The molecule has 0 atom stereocenters. The zero-order valence-electron chi connectivity index (χ0n) is 15.4. The van der Waals surface area contributed by atoms with Crippen LogP contribution in [-0.2, 0) is 14.9 Å². The van der Waals surface area contributed by atoms with E-state index in [0.717, 1.165) is 31.9 Å². The predicted molar refractivity (Wildman–Crippen MR) is 95.6 cm³/mol. The Balaban J connectivity index is 2.24. The standard InChI is InChI=1S/C19H33NO3/c1-16-8-6-9-17(19(2,3)4)18(16)23-15-14-22-13-11-20-10-7-12-21-5/h6,8-9,20H,7,10-15H2,1-5H3. The molecule has 4 nitrogen and oxygen atoms in total. The highest BCUT2D eigenvalue weighted by atomic mass is 16.5. The molecule has 132 valence electrons. The first-order chi connectivity index (χ1) is 11.0. The smallest absolute Gasteiger partial charge is 0.126 e. The lowest BCUT2D eigenvalue weighted by Gasteiger charge is -2.24. The van der Waals surface area contributed by atoms with Crippen LogP contribution in [-0.4, -0.2) is 46.6 Å². The van der Waals surface area contributed by atoms with Gasteiger partial charge in [0.1, 0.15) is 12.4 Å². The van der Waals surface area contributed by atoms with Gasteiger partial charge in [-0.1, -0.05) is 39.0 Å². The van der Waals surface area contributed by atoms with E-state index in [0.29, 0.717) is 19.8 Å². The number of methoxy groups -OCH3 is 1. The molecule has 0 aliphatic rings. The van der Waals surface area contributed by atoms with Crippen molar-refractivity contribution in [3.05, 3.63) is 29.3 Å². The summed E-state index contributed by atoms with van der Waals surface area (Å²) in [6.07, 6.45) is 1.03. The average molecular weight is 323 g/mol. The van der Waals surface area contributed by atoms with Crippen molar-refractivity contribution in [2.75, 3.05) is 46.6 Å². The van der Waals surface area contributed by atoms with Gasteiger partial charge in [0.15, 0.2) is 0 Å². The van der Waals surface area contributed by atoms with Crippen molar-refractivity contribution in [2.45, 2.75) is 39.5 Å². The highest BCUT2D eigenvalue weighted by Gasteiger charge is 2.19. The normalized spacial score (nSPS) is 11.7. The zero-order chi connectivity index (χ0) is 17.1. The first kappa shape index (κ1) is 19.9. The Morgan fingerprint density at radius 3 is 2.48 bits per heavy atom. The van der Waals surface area contributed by atoms with Crippen LogP contribution in [0.15, 0.2) is 18.2 Å². The summed E-state index contributed by atoms with van der Waals surface area (Å²) < 4.78 is 16.6. The van der Waals surface area contributed by atoms with E-state index < -0.39 is 0 Å². The number of benzene rings is 1. The third kappa shape index (κ3) is 7.82. The summed E-state index contributed by atoms with van der Waals surface area (Å²) >= 11 is 0. The molecule has 0 unspecified atom stereocenters. The Morgan fingerprint density at radius 1 is 1.00 bits per heavy atom. The quantitative estimate of drug-likeness (QED) is 0.634. The van der Waals surface area contributed by atoms with Crippen molar-refractivity contribution in [1.82, 2.24) is 5.32 Å².